The summed E-state index contributed by atoms with van der Waals surface area (Å²) in [5.74, 6) is 0. The van der Waals surface area contributed by atoms with E-state index in [1.807, 2.05) is 56.8 Å². The Morgan fingerprint density at radius 2 is 1.38 bits per heavy atom. The molecule has 16 heavy (non-hydrogen) atoms. The topological polar surface area (TPSA) is 3.24 Å². The molecule has 2 heteroatoms. The molecule has 1 radical (unpaired) electrons. The van der Waals surface area contributed by atoms with Crippen molar-refractivity contribution in [1.82, 2.24) is 4.90 Å². The number of allylic oxidation sites excluding steroid dienone is 8. The predicted octanol–water partition coefficient (Wildman–Crippen LogP) is 3.34. The van der Waals surface area contributed by atoms with E-state index in [9.17, 15) is 0 Å². The normalized spacial score (nSPS) is 14.0. The van der Waals surface area contributed by atoms with Crippen LogP contribution < -0.4 is 0 Å². The molecular weight excluding hydrogens is 238 g/mol. The molecule has 0 atom stereocenters. The minimum absolute atomic E-state index is 0. The van der Waals surface area contributed by atoms with Crippen LogP contribution in [0.4, 0.5) is 0 Å². The monoisotopic (exact) mass is 258 g/mol. The van der Waals surface area contributed by atoms with Gasteiger partial charge in [-0.05, 0) is 14.1 Å². The van der Waals surface area contributed by atoms with Crippen LogP contribution in [-0.2, 0) is 17.1 Å². The third kappa shape index (κ3) is 15.9. The van der Waals surface area contributed by atoms with Crippen molar-refractivity contribution in [1.29, 1.82) is 0 Å². The molecule has 0 aromatic heterocycles. The predicted molar refractivity (Wildman–Crippen MR) is 66.8 cm³/mol. The third-order valence-electron chi connectivity index (χ3n) is 1.69. The largest absolute Gasteiger partial charge is 3.00 e. The molecule has 0 saturated heterocycles. The molecule has 0 saturated carbocycles. The Hall–Kier alpha value is -0.561. The van der Waals surface area contributed by atoms with Crippen molar-refractivity contribution in [2.75, 3.05) is 14.1 Å². The molecule has 2 aliphatic carbocycles. The fourth-order valence-corrected chi connectivity index (χ4v) is 0.680. The van der Waals surface area contributed by atoms with Crippen LogP contribution in [0.2, 0.25) is 0 Å². The first kappa shape index (κ1) is 17.8. The minimum Gasteiger partial charge on any atom is -0.462 e. The summed E-state index contributed by atoms with van der Waals surface area (Å²) < 4.78 is 0. The van der Waals surface area contributed by atoms with E-state index in [1.165, 1.54) is 0 Å². The van der Waals surface area contributed by atoms with E-state index < -0.39 is 0 Å². The summed E-state index contributed by atoms with van der Waals surface area (Å²) >= 11 is 0. The molecule has 0 aromatic rings. The zero-order valence-corrected chi connectivity index (χ0v) is 11.4. The Morgan fingerprint density at radius 1 is 1.00 bits per heavy atom. The van der Waals surface area contributed by atoms with Crippen molar-refractivity contribution < 1.29 is 17.1 Å². The van der Waals surface area contributed by atoms with Gasteiger partial charge in [-0.1, -0.05) is 0 Å². The summed E-state index contributed by atoms with van der Waals surface area (Å²) in [5.41, 5.74) is 0. The van der Waals surface area contributed by atoms with Gasteiger partial charge in [-0.2, -0.15) is 19.1 Å². The van der Waals surface area contributed by atoms with E-state index in [1.54, 1.807) is 0 Å². The summed E-state index contributed by atoms with van der Waals surface area (Å²) in [6.07, 6.45) is 20.0. The quantitative estimate of drug-likeness (QED) is 0.515. The van der Waals surface area contributed by atoms with E-state index in [2.05, 4.69) is 24.3 Å². The molecule has 1 nitrogen and oxygen atoms in total. The molecule has 2 rings (SSSR count). The molecule has 0 bridgehead atoms. The van der Waals surface area contributed by atoms with Gasteiger partial charge >= 0.3 is 17.1 Å². The van der Waals surface area contributed by atoms with Crippen LogP contribution in [0.1, 0.15) is 19.8 Å². The third-order valence-corrected chi connectivity index (χ3v) is 1.69. The van der Waals surface area contributed by atoms with Crippen molar-refractivity contribution >= 4 is 0 Å². The average molecular weight is 258 g/mol. The second-order valence-corrected chi connectivity index (χ2v) is 3.23. The first-order valence-corrected chi connectivity index (χ1v) is 5.16. The van der Waals surface area contributed by atoms with Gasteiger partial charge < -0.3 is 4.90 Å². The standard InChI is InChI=1S/2C5H5.C4H10N.Fe/c2*1-2-4-5-3-1;1-4-5(2)3;/h2*1-3H,4H2;4H,1-3H3;/q3*-1;+3. The SMILES string of the molecule is C[CH-]N(C)C.[C-]1=CC=CC1.[C-]1=CC=CC1.[Fe+3]. The first-order chi connectivity index (χ1) is 7.27. The summed E-state index contributed by atoms with van der Waals surface area (Å²) in [5, 5.41) is 0. The molecular formula is C14H20FeN. The Labute approximate surface area is 111 Å². The van der Waals surface area contributed by atoms with Crippen molar-refractivity contribution in [2.45, 2.75) is 19.8 Å². The van der Waals surface area contributed by atoms with E-state index in [4.69, 9.17) is 0 Å². The zero-order valence-electron chi connectivity index (χ0n) is 10.3. The van der Waals surface area contributed by atoms with Crippen LogP contribution in [-0.4, -0.2) is 19.0 Å². The summed E-state index contributed by atoms with van der Waals surface area (Å²) in [6.45, 7) is 4.00. The first-order valence-electron chi connectivity index (χ1n) is 5.16. The van der Waals surface area contributed by atoms with E-state index in [-0.39, 0.29) is 17.1 Å². The van der Waals surface area contributed by atoms with Gasteiger partial charge in [0.05, 0.1) is 0 Å². The second-order valence-electron chi connectivity index (χ2n) is 3.23. The van der Waals surface area contributed by atoms with Crippen LogP contribution in [0, 0.1) is 18.7 Å². The average Bonchev–Trinajstić information content (AvgIpc) is 2.96. The molecule has 0 aromatic carbocycles. The molecule has 0 fully saturated rings. The molecule has 2 aliphatic rings. The van der Waals surface area contributed by atoms with Crippen molar-refractivity contribution in [3.05, 3.63) is 55.2 Å². The minimum atomic E-state index is 0. The van der Waals surface area contributed by atoms with Gasteiger partial charge in [0, 0.05) is 0 Å². The smallest absolute Gasteiger partial charge is 0.462 e. The molecule has 0 heterocycles. The Balaban J connectivity index is 0. The number of hydrogen-bond acceptors (Lipinski definition) is 1. The fourth-order valence-electron chi connectivity index (χ4n) is 0.680. The zero-order chi connectivity index (χ0) is 11.4. The second kappa shape index (κ2) is 14.4. The number of nitrogens with zero attached hydrogens (tertiary/aromatic N) is 1. The van der Waals surface area contributed by atoms with E-state index in [0.717, 1.165) is 12.8 Å². The maximum absolute atomic E-state index is 2.99. The van der Waals surface area contributed by atoms with Crippen LogP contribution >= 0.6 is 0 Å². The maximum atomic E-state index is 2.99. The fraction of sp³-hybridized carbons (Fsp3) is 0.357. The van der Waals surface area contributed by atoms with Crippen LogP contribution in [0.15, 0.2) is 36.5 Å². The number of hydrogen-bond donors (Lipinski definition) is 0. The van der Waals surface area contributed by atoms with Gasteiger partial charge in [0.1, 0.15) is 0 Å². The Morgan fingerprint density at radius 3 is 1.44 bits per heavy atom. The van der Waals surface area contributed by atoms with Crippen LogP contribution in [0.3, 0.4) is 0 Å². The molecule has 0 N–H and O–H groups in total. The van der Waals surface area contributed by atoms with Gasteiger partial charge in [-0.15, -0.1) is 12.8 Å². The van der Waals surface area contributed by atoms with Gasteiger partial charge in [-0.25, -0.2) is 24.3 Å². The molecule has 89 valence electrons. The van der Waals surface area contributed by atoms with Crippen molar-refractivity contribution in [3.63, 3.8) is 0 Å². The Bertz CT molecular complexity index is 195. The molecule has 0 spiro atoms. The maximum Gasteiger partial charge on any atom is 3.00 e. The van der Waals surface area contributed by atoms with Gasteiger partial charge in [0.15, 0.2) is 0 Å². The van der Waals surface area contributed by atoms with E-state index >= 15 is 0 Å². The molecule has 0 amide bonds. The van der Waals surface area contributed by atoms with Gasteiger partial charge in [-0.3, -0.25) is 18.7 Å². The molecule has 0 aliphatic heterocycles. The number of rotatable bonds is 1. The molecule has 0 unspecified atom stereocenters. The summed E-state index contributed by atoms with van der Waals surface area (Å²) in [6, 6.07) is 0. The summed E-state index contributed by atoms with van der Waals surface area (Å²) in [7, 11) is 4.00. The van der Waals surface area contributed by atoms with Crippen molar-refractivity contribution in [3.8, 4) is 0 Å². The van der Waals surface area contributed by atoms with E-state index in [0.29, 0.717) is 0 Å². The van der Waals surface area contributed by atoms with Gasteiger partial charge in [0.25, 0.3) is 0 Å². The van der Waals surface area contributed by atoms with Crippen LogP contribution in [0.5, 0.6) is 0 Å². The summed E-state index contributed by atoms with van der Waals surface area (Å²) in [4.78, 5) is 2.00. The van der Waals surface area contributed by atoms with Gasteiger partial charge in [0.2, 0.25) is 0 Å². The van der Waals surface area contributed by atoms with Crippen LogP contribution in [0.25, 0.3) is 0 Å². The van der Waals surface area contributed by atoms with Crippen molar-refractivity contribution in [2.24, 2.45) is 0 Å². The Kier molecular flexibility index (Phi) is 16.1.